The smallest absolute Gasteiger partial charge is 0.304 e. The molecule has 0 saturated carbocycles. The van der Waals surface area contributed by atoms with E-state index in [2.05, 4.69) is 0 Å². The number of halogens is 2. The van der Waals surface area contributed by atoms with Crippen LogP contribution in [0.1, 0.15) is 12.0 Å². The normalized spacial score (nSPS) is 11.8. The fourth-order valence-electron chi connectivity index (χ4n) is 1.34. The number of nitriles is 1. The molecule has 84 valence electrons. The topological polar surface area (TPSA) is 61.1 Å². The molecule has 1 unspecified atom stereocenters. The summed E-state index contributed by atoms with van der Waals surface area (Å²) in [4.78, 5) is 10.4. The van der Waals surface area contributed by atoms with Gasteiger partial charge in [-0.2, -0.15) is 5.26 Å². The second-order valence-electron chi connectivity index (χ2n) is 3.36. The summed E-state index contributed by atoms with van der Waals surface area (Å²) in [5.74, 6) is -3.23. The van der Waals surface area contributed by atoms with E-state index in [0.29, 0.717) is 0 Å². The number of hydrogen-bond acceptors (Lipinski definition) is 2. The first kappa shape index (κ1) is 12.1. The monoisotopic (exact) mass is 225 g/mol. The molecule has 1 aromatic carbocycles. The number of benzene rings is 1. The van der Waals surface area contributed by atoms with Crippen LogP contribution in [-0.4, -0.2) is 11.1 Å². The standard InChI is InChI=1S/C11H9F2NO2/c12-9-1-2-10(13)8(5-9)3-7(6-14)4-11(15)16/h1-2,5,7H,3-4H2,(H,15,16). The first-order chi connectivity index (χ1) is 7.52. The predicted molar refractivity (Wildman–Crippen MR) is 51.4 cm³/mol. The molecule has 0 aromatic heterocycles. The van der Waals surface area contributed by atoms with Gasteiger partial charge in [0.15, 0.2) is 0 Å². The lowest BCUT2D eigenvalue weighted by Crippen LogP contribution is -2.09. The molecule has 16 heavy (non-hydrogen) atoms. The zero-order chi connectivity index (χ0) is 12.1. The summed E-state index contributed by atoms with van der Waals surface area (Å²) in [5, 5.41) is 17.2. The number of carbonyl (C=O) groups is 1. The molecular weight excluding hydrogens is 216 g/mol. The minimum Gasteiger partial charge on any atom is -0.481 e. The molecular formula is C11H9F2NO2. The zero-order valence-corrected chi connectivity index (χ0v) is 8.28. The van der Waals surface area contributed by atoms with Gasteiger partial charge in [-0.15, -0.1) is 0 Å². The molecule has 3 nitrogen and oxygen atoms in total. The van der Waals surface area contributed by atoms with Crippen molar-refractivity contribution in [3.05, 3.63) is 35.4 Å². The van der Waals surface area contributed by atoms with E-state index in [-0.39, 0.29) is 18.4 Å². The molecule has 0 aliphatic rings. The lowest BCUT2D eigenvalue weighted by atomic mass is 9.97. The summed E-state index contributed by atoms with van der Waals surface area (Å²) in [6.07, 6.45) is -0.487. The molecule has 0 spiro atoms. The Balaban J connectivity index is 2.82. The number of hydrogen-bond donors (Lipinski definition) is 1. The van der Waals surface area contributed by atoms with Gasteiger partial charge in [-0.3, -0.25) is 4.79 Å². The Labute approximate surface area is 90.9 Å². The SMILES string of the molecule is N#CC(CC(=O)O)Cc1cc(F)ccc1F. The summed E-state index contributed by atoms with van der Waals surface area (Å²) in [7, 11) is 0. The summed E-state index contributed by atoms with van der Waals surface area (Å²) >= 11 is 0. The Morgan fingerprint density at radius 3 is 2.75 bits per heavy atom. The Bertz CT molecular complexity index is 440. The first-order valence-electron chi connectivity index (χ1n) is 4.58. The molecule has 0 aliphatic carbocycles. The second kappa shape index (κ2) is 5.21. The average molecular weight is 225 g/mol. The van der Waals surface area contributed by atoms with Crippen LogP contribution in [-0.2, 0) is 11.2 Å². The van der Waals surface area contributed by atoms with Crippen molar-refractivity contribution in [1.29, 1.82) is 5.26 Å². The van der Waals surface area contributed by atoms with Crippen LogP contribution in [0.3, 0.4) is 0 Å². The first-order valence-corrected chi connectivity index (χ1v) is 4.58. The van der Waals surface area contributed by atoms with Gasteiger partial charge >= 0.3 is 5.97 Å². The predicted octanol–water partition coefficient (Wildman–Crippen LogP) is 2.12. The number of rotatable bonds is 4. The van der Waals surface area contributed by atoms with Gasteiger partial charge < -0.3 is 5.11 Å². The molecule has 1 aromatic rings. The van der Waals surface area contributed by atoms with E-state index < -0.39 is 23.5 Å². The van der Waals surface area contributed by atoms with E-state index in [1.165, 1.54) is 0 Å². The highest BCUT2D eigenvalue weighted by Gasteiger charge is 2.15. The maximum atomic E-state index is 13.2. The Morgan fingerprint density at radius 1 is 1.50 bits per heavy atom. The van der Waals surface area contributed by atoms with E-state index in [9.17, 15) is 13.6 Å². The van der Waals surface area contributed by atoms with Crippen LogP contribution in [0.15, 0.2) is 18.2 Å². The third kappa shape index (κ3) is 3.31. The number of carboxylic acid groups (broad SMARTS) is 1. The van der Waals surface area contributed by atoms with Crippen molar-refractivity contribution < 1.29 is 18.7 Å². The molecule has 1 rings (SSSR count). The van der Waals surface area contributed by atoms with Crippen LogP contribution in [0, 0.1) is 28.9 Å². The molecule has 0 amide bonds. The molecule has 0 saturated heterocycles. The lowest BCUT2D eigenvalue weighted by molar-refractivity contribution is -0.137. The maximum Gasteiger partial charge on any atom is 0.304 e. The third-order valence-corrected chi connectivity index (χ3v) is 2.08. The van der Waals surface area contributed by atoms with Gasteiger partial charge in [-0.25, -0.2) is 8.78 Å². The Morgan fingerprint density at radius 2 is 2.19 bits per heavy atom. The van der Waals surface area contributed by atoms with Gasteiger partial charge in [-0.1, -0.05) is 0 Å². The molecule has 0 aliphatic heterocycles. The summed E-state index contributed by atoms with van der Waals surface area (Å²) in [5.41, 5.74) is 0.0211. The highest BCUT2D eigenvalue weighted by Crippen LogP contribution is 2.16. The van der Waals surface area contributed by atoms with Crippen LogP contribution in [0.4, 0.5) is 8.78 Å². The fraction of sp³-hybridized carbons (Fsp3) is 0.273. The molecule has 0 heterocycles. The second-order valence-corrected chi connectivity index (χ2v) is 3.36. The van der Waals surface area contributed by atoms with E-state index in [0.717, 1.165) is 18.2 Å². The van der Waals surface area contributed by atoms with Gasteiger partial charge in [0.25, 0.3) is 0 Å². The minimum absolute atomic E-state index is 0.0211. The quantitative estimate of drug-likeness (QED) is 0.853. The Kier molecular flexibility index (Phi) is 3.95. The maximum absolute atomic E-state index is 13.2. The van der Waals surface area contributed by atoms with Crippen LogP contribution >= 0.6 is 0 Å². The van der Waals surface area contributed by atoms with Gasteiger partial charge in [0.05, 0.1) is 18.4 Å². The number of nitrogens with zero attached hydrogens (tertiary/aromatic N) is 1. The molecule has 1 N–H and O–H groups in total. The van der Waals surface area contributed by atoms with Crippen molar-refractivity contribution in [2.75, 3.05) is 0 Å². The molecule has 0 bridgehead atoms. The summed E-state index contributed by atoms with van der Waals surface area (Å²) < 4.78 is 26.0. The largest absolute Gasteiger partial charge is 0.481 e. The number of aliphatic carboxylic acids is 1. The van der Waals surface area contributed by atoms with Gasteiger partial charge in [0, 0.05) is 0 Å². The fourth-order valence-corrected chi connectivity index (χ4v) is 1.34. The molecule has 1 atom stereocenters. The van der Waals surface area contributed by atoms with Crippen LogP contribution in [0.2, 0.25) is 0 Å². The highest BCUT2D eigenvalue weighted by atomic mass is 19.1. The Hall–Kier alpha value is -1.96. The average Bonchev–Trinajstić information content (AvgIpc) is 2.21. The molecule has 0 radical (unpaired) electrons. The lowest BCUT2D eigenvalue weighted by Gasteiger charge is -2.07. The minimum atomic E-state index is -1.14. The van der Waals surface area contributed by atoms with Crippen LogP contribution in [0.5, 0.6) is 0 Å². The summed E-state index contributed by atoms with van der Waals surface area (Å²) in [6.45, 7) is 0. The van der Waals surface area contributed by atoms with E-state index in [1.54, 1.807) is 6.07 Å². The van der Waals surface area contributed by atoms with Gasteiger partial charge in [0.1, 0.15) is 11.6 Å². The summed E-state index contributed by atoms with van der Waals surface area (Å²) in [6, 6.07) is 4.66. The van der Waals surface area contributed by atoms with E-state index in [4.69, 9.17) is 10.4 Å². The molecule has 5 heteroatoms. The van der Waals surface area contributed by atoms with Crippen molar-refractivity contribution in [3.63, 3.8) is 0 Å². The van der Waals surface area contributed by atoms with Gasteiger partial charge in [0.2, 0.25) is 0 Å². The third-order valence-electron chi connectivity index (χ3n) is 2.08. The van der Waals surface area contributed by atoms with Crippen molar-refractivity contribution in [1.82, 2.24) is 0 Å². The highest BCUT2D eigenvalue weighted by molar-refractivity contribution is 5.67. The van der Waals surface area contributed by atoms with Crippen molar-refractivity contribution in [3.8, 4) is 6.07 Å². The molecule has 0 fully saturated rings. The van der Waals surface area contributed by atoms with Gasteiger partial charge in [-0.05, 0) is 30.2 Å². The van der Waals surface area contributed by atoms with Crippen LogP contribution in [0.25, 0.3) is 0 Å². The van der Waals surface area contributed by atoms with E-state index >= 15 is 0 Å². The van der Waals surface area contributed by atoms with Crippen LogP contribution < -0.4 is 0 Å². The zero-order valence-electron chi connectivity index (χ0n) is 8.28. The van der Waals surface area contributed by atoms with E-state index in [1.807, 2.05) is 0 Å². The number of carboxylic acids is 1. The van der Waals surface area contributed by atoms with Crippen molar-refractivity contribution >= 4 is 5.97 Å². The van der Waals surface area contributed by atoms with Crippen molar-refractivity contribution in [2.24, 2.45) is 5.92 Å². The van der Waals surface area contributed by atoms with Crippen molar-refractivity contribution in [2.45, 2.75) is 12.8 Å².